The van der Waals surface area contributed by atoms with E-state index < -0.39 is 0 Å². The number of ether oxygens (including phenoxy) is 1. The first-order valence-corrected chi connectivity index (χ1v) is 12.0. The SMILES string of the molecule is COc1ccc(-c2nn(-c3cccc(Cl)c3)cc2-c2cc(-c3ccc(Br)cc3)nc(=S)[nH]2)cc1. The van der Waals surface area contributed by atoms with Crippen LogP contribution in [0.4, 0.5) is 0 Å². The highest BCUT2D eigenvalue weighted by Gasteiger charge is 2.16. The van der Waals surface area contributed by atoms with E-state index >= 15 is 0 Å². The molecule has 0 saturated carbocycles. The van der Waals surface area contributed by atoms with Gasteiger partial charge in [0, 0.05) is 32.4 Å². The van der Waals surface area contributed by atoms with Gasteiger partial charge in [-0.15, -0.1) is 0 Å². The highest BCUT2D eigenvalue weighted by molar-refractivity contribution is 9.10. The molecule has 0 aliphatic rings. The predicted molar refractivity (Wildman–Crippen MR) is 142 cm³/mol. The minimum atomic E-state index is 0.395. The van der Waals surface area contributed by atoms with Crippen LogP contribution in [0.1, 0.15) is 0 Å². The molecule has 168 valence electrons. The molecule has 0 aliphatic heterocycles. The van der Waals surface area contributed by atoms with Crippen LogP contribution >= 0.6 is 39.7 Å². The molecule has 0 bridgehead atoms. The molecule has 2 heterocycles. The molecule has 8 heteroatoms. The predicted octanol–water partition coefficient (Wildman–Crippen LogP) is 7.75. The van der Waals surface area contributed by atoms with Crippen molar-refractivity contribution in [3.8, 4) is 45.2 Å². The summed E-state index contributed by atoms with van der Waals surface area (Å²) in [7, 11) is 1.65. The van der Waals surface area contributed by atoms with Crippen LogP contribution in [0.15, 0.2) is 89.5 Å². The van der Waals surface area contributed by atoms with E-state index in [0.29, 0.717) is 9.79 Å². The first-order chi connectivity index (χ1) is 16.5. The fourth-order valence-electron chi connectivity index (χ4n) is 3.66. The number of nitrogens with zero attached hydrogens (tertiary/aromatic N) is 3. The average molecular weight is 550 g/mol. The average Bonchev–Trinajstić information content (AvgIpc) is 3.30. The summed E-state index contributed by atoms with van der Waals surface area (Å²) in [4.78, 5) is 7.79. The molecule has 0 saturated heterocycles. The third-order valence-corrected chi connectivity index (χ3v) is 6.28. The third kappa shape index (κ3) is 4.68. The van der Waals surface area contributed by atoms with Crippen molar-refractivity contribution >= 4 is 39.7 Å². The summed E-state index contributed by atoms with van der Waals surface area (Å²) >= 11 is 15.2. The standard InChI is InChI=1S/C26H18BrClN4OS/c1-33-21-11-7-17(8-12-21)25-22(15-32(31-25)20-4-2-3-19(28)13-20)24-14-23(29-26(34)30-24)16-5-9-18(27)10-6-16/h2-15H,1H3,(H,29,30,34). The van der Waals surface area contributed by atoms with Crippen molar-refractivity contribution in [3.05, 3.63) is 99.3 Å². The second-order valence-corrected chi connectivity index (χ2v) is 9.28. The zero-order valence-corrected chi connectivity index (χ0v) is 21.2. The Morgan fingerprint density at radius 1 is 0.971 bits per heavy atom. The van der Waals surface area contributed by atoms with Crippen LogP contribution in [0.3, 0.4) is 0 Å². The highest BCUT2D eigenvalue weighted by atomic mass is 79.9. The molecule has 0 fully saturated rings. The molecule has 1 N–H and O–H groups in total. The Labute approximate surface area is 215 Å². The van der Waals surface area contributed by atoms with E-state index in [0.717, 1.165) is 49.7 Å². The highest BCUT2D eigenvalue weighted by Crippen LogP contribution is 2.34. The lowest BCUT2D eigenvalue weighted by Gasteiger charge is -2.07. The van der Waals surface area contributed by atoms with Gasteiger partial charge in [0.1, 0.15) is 11.4 Å². The van der Waals surface area contributed by atoms with Crippen molar-refractivity contribution in [1.82, 2.24) is 19.7 Å². The lowest BCUT2D eigenvalue weighted by molar-refractivity contribution is 0.415. The molecule has 34 heavy (non-hydrogen) atoms. The maximum absolute atomic E-state index is 6.24. The van der Waals surface area contributed by atoms with E-state index in [2.05, 4.69) is 25.9 Å². The molecule has 0 spiro atoms. The molecule has 5 rings (SSSR count). The number of benzene rings is 3. The summed E-state index contributed by atoms with van der Waals surface area (Å²) in [6, 6.07) is 25.3. The quantitative estimate of drug-likeness (QED) is 0.228. The summed E-state index contributed by atoms with van der Waals surface area (Å²) in [5.41, 5.74) is 6.04. The van der Waals surface area contributed by atoms with Gasteiger partial charge in [0.15, 0.2) is 4.77 Å². The molecule has 0 aliphatic carbocycles. The zero-order chi connectivity index (χ0) is 23.7. The minimum Gasteiger partial charge on any atom is -0.497 e. The van der Waals surface area contributed by atoms with E-state index in [9.17, 15) is 0 Å². The Morgan fingerprint density at radius 2 is 1.71 bits per heavy atom. The molecular weight excluding hydrogens is 532 g/mol. The van der Waals surface area contributed by atoms with Gasteiger partial charge in [-0.3, -0.25) is 0 Å². The van der Waals surface area contributed by atoms with Crippen LogP contribution in [-0.2, 0) is 0 Å². The molecule has 0 radical (unpaired) electrons. The summed E-state index contributed by atoms with van der Waals surface area (Å²) in [6.07, 6.45) is 1.97. The van der Waals surface area contributed by atoms with E-state index in [1.807, 2.05) is 89.7 Å². The Bertz CT molecular complexity index is 1530. The summed E-state index contributed by atoms with van der Waals surface area (Å²) in [6.45, 7) is 0. The Balaban J connectivity index is 1.69. The molecular formula is C26H18BrClN4OS. The fourth-order valence-corrected chi connectivity index (χ4v) is 4.31. The number of halogens is 2. The van der Waals surface area contributed by atoms with Gasteiger partial charge >= 0.3 is 0 Å². The molecule has 0 unspecified atom stereocenters. The van der Waals surface area contributed by atoms with Crippen molar-refractivity contribution in [2.45, 2.75) is 0 Å². The van der Waals surface area contributed by atoms with Gasteiger partial charge in [-0.25, -0.2) is 9.67 Å². The Hall–Kier alpha value is -3.26. The van der Waals surface area contributed by atoms with Crippen LogP contribution in [0.25, 0.3) is 39.5 Å². The zero-order valence-electron chi connectivity index (χ0n) is 18.0. The van der Waals surface area contributed by atoms with Crippen molar-refractivity contribution < 1.29 is 4.74 Å². The van der Waals surface area contributed by atoms with Gasteiger partial charge in [0.2, 0.25) is 0 Å². The number of aromatic amines is 1. The summed E-state index contributed by atoms with van der Waals surface area (Å²) in [5.74, 6) is 0.778. The topological polar surface area (TPSA) is 55.7 Å². The Morgan fingerprint density at radius 3 is 2.41 bits per heavy atom. The van der Waals surface area contributed by atoms with Crippen molar-refractivity contribution in [3.63, 3.8) is 0 Å². The van der Waals surface area contributed by atoms with Crippen molar-refractivity contribution in [2.75, 3.05) is 7.11 Å². The second-order valence-electron chi connectivity index (χ2n) is 7.54. The number of hydrogen-bond acceptors (Lipinski definition) is 4. The van der Waals surface area contributed by atoms with Crippen LogP contribution < -0.4 is 4.74 Å². The molecule has 0 atom stereocenters. The van der Waals surface area contributed by atoms with Gasteiger partial charge in [0.25, 0.3) is 0 Å². The normalized spacial score (nSPS) is 10.9. The van der Waals surface area contributed by atoms with Crippen LogP contribution in [0.5, 0.6) is 5.75 Å². The molecule has 5 aromatic rings. The Kier molecular flexibility index (Phi) is 6.32. The second kappa shape index (κ2) is 9.54. The third-order valence-electron chi connectivity index (χ3n) is 5.33. The first-order valence-electron chi connectivity index (χ1n) is 10.4. The lowest BCUT2D eigenvalue weighted by Crippen LogP contribution is -1.94. The van der Waals surface area contributed by atoms with Gasteiger partial charge in [-0.2, -0.15) is 5.10 Å². The van der Waals surface area contributed by atoms with Crippen LogP contribution in [0.2, 0.25) is 5.02 Å². The van der Waals surface area contributed by atoms with E-state index in [1.54, 1.807) is 7.11 Å². The smallest absolute Gasteiger partial charge is 0.197 e. The van der Waals surface area contributed by atoms with Crippen LogP contribution in [0, 0.1) is 4.77 Å². The summed E-state index contributed by atoms with van der Waals surface area (Å²) < 4.78 is 8.54. The van der Waals surface area contributed by atoms with Gasteiger partial charge < -0.3 is 9.72 Å². The van der Waals surface area contributed by atoms with Gasteiger partial charge in [-0.1, -0.05) is 45.7 Å². The maximum atomic E-state index is 6.24. The number of methoxy groups -OCH3 is 1. The minimum absolute atomic E-state index is 0.395. The van der Waals surface area contributed by atoms with Crippen LogP contribution in [-0.4, -0.2) is 26.9 Å². The lowest BCUT2D eigenvalue weighted by atomic mass is 10.0. The maximum Gasteiger partial charge on any atom is 0.197 e. The van der Waals surface area contributed by atoms with Gasteiger partial charge in [0.05, 0.1) is 24.2 Å². The van der Waals surface area contributed by atoms with E-state index in [4.69, 9.17) is 33.7 Å². The number of H-pyrrole nitrogens is 1. The number of aromatic nitrogens is 4. The molecule has 5 nitrogen and oxygen atoms in total. The van der Waals surface area contributed by atoms with Gasteiger partial charge in [-0.05, 0) is 72.9 Å². The first kappa shape index (κ1) is 22.5. The fraction of sp³-hybridized carbons (Fsp3) is 0.0385. The summed E-state index contributed by atoms with van der Waals surface area (Å²) in [5, 5.41) is 5.54. The van der Waals surface area contributed by atoms with E-state index in [1.165, 1.54) is 0 Å². The molecule has 3 aromatic carbocycles. The van der Waals surface area contributed by atoms with Crippen molar-refractivity contribution in [2.24, 2.45) is 0 Å². The van der Waals surface area contributed by atoms with E-state index in [-0.39, 0.29) is 0 Å². The van der Waals surface area contributed by atoms with Crippen molar-refractivity contribution in [1.29, 1.82) is 0 Å². The largest absolute Gasteiger partial charge is 0.497 e. The number of hydrogen-bond donors (Lipinski definition) is 1. The molecule has 2 aromatic heterocycles. The number of rotatable bonds is 5. The monoisotopic (exact) mass is 548 g/mol. The number of nitrogens with one attached hydrogen (secondary N) is 1. The molecule has 0 amide bonds.